The summed E-state index contributed by atoms with van der Waals surface area (Å²) in [4.78, 5) is 0. The van der Waals surface area contributed by atoms with Crippen molar-refractivity contribution in [1.29, 1.82) is 0 Å². The van der Waals surface area contributed by atoms with Gasteiger partial charge >= 0.3 is 0 Å². The monoisotopic (exact) mass is 144 g/mol. The maximum Gasteiger partial charge on any atom is 0.155 e. The molecular formula is C8H16O2. The van der Waals surface area contributed by atoms with Gasteiger partial charge in [-0.1, -0.05) is 6.08 Å². The van der Waals surface area contributed by atoms with Crippen LogP contribution >= 0.6 is 0 Å². The Morgan fingerprint density at radius 3 is 2.40 bits per heavy atom. The molecule has 2 nitrogen and oxygen atoms in total. The summed E-state index contributed by atoms with van der Waals surface area (Å²) in [6.07, 6.45) is 1.80. The van der Waals surface area contributed by atoms with E-state index < -0.39 is 0 Å². The molecule has 0 aromatic heterocycles. The van der Waals surface area contributed by atoms with E-state index in [2.05, 4.69) is 6.58 Å². The zero-order chi connectivity index (χ0) is 7.98. The van der Waals surface area contributed by atoms with Gasteiger partial charge in [-0.2, -0.15) is 0 Å². The summed E-state index contributed by atoms with van der Waals surface area (Å²) in [6, 6.07) is 0. The van der Waals surface area contributed by atoms with Crippen LogP contribution in [0, 0.1) is 0 Å². The predicted molar refractivity (Wildman–Crippen MR) is 41.8 cm³/mol. The standard InChI is InChI=1S/C8H16O2/c1-5-6-9-8(4)10-7(2)3/h5,7-8H,1,6H2,2-4H3. The summed E-state index contributed by atoms with van der Waals surface area (Å²) in [5, 5.41) is 0. The topological polar surface area (TPSA) is 18.5 Å². The first-order chi connectivity index (χ1) is 4.66. The van der Waals surface area contributed by atoms with Crippen LogP contribution in [0.2, 0.25) is 0 Å². The highest BCUT2D eigenvalue weighted by atomic mass is 16.7. The zero-order valence-electron chi connectivity index (χ0n) is 6.96. The molecule has 0 rings (SSSR count). The Kier molecular flexibility index (Phi) is 5.26. The molecule has 0 aliphatic heterocycles. The molecule has 1 atom stereocenters. The average molecular weight is 144 g/mol. The van der Waals surface area contributed by atoms with Crippen LogP contribution in [0.1, 0.15) is 20.8 Å². The minimum Gasteiger partial charge on any atom is -0.350 e. The molecule has 10 heavy (non-hydrogen) atoms. The molecule has 0 radical (unpaired) electrons. The molecule has 0 saturated heterocycles. The Hall–Kier alpha value is -0.340. The van der Waals surface area contributed by atoms with Crippen LogP contribution in [-0.4, -0.2) is 19.0 Å². The quantitative estimate of drug-likeness (QED) is 0.434. The van der Waals surface area contributed by atoms with E-state index in [4.69, 9.17) is 9.47 Å². The first kappa shape index (κ1) is 9.66. The second-order valence-electron chi connectivity index (χ2n) is 2.37. The van der Waals surface area contributed by atoms with Crippen LogP contribution < -0.4 is 0 Å². The van der Waals surface area contributed by atoms with E-state index >= 15 is 0 Å². The highest BCUT2D eigenvalue weighted by Crippen LogP contribution is 1.97. The van der Waals surface area contributed by atoms with Gasteiger partial charge in [0.25, 0.3) is 0 Å². The van der Waals surface area contributed by atoms with E-state index in [0.717, 1.165) is 0 Å². The molecule has 1 unspecified atom stereocenters. The van der Waals surface area contributed by atoms with Gasteiger partial charge in [0.15, 0.2) is 6.29 Å². The Morgan fingerprint density at radius 2 is 2.00 bits per heavy atom. The molecule has 60 valence electrons. The normalized spacial score (nSPS) is 13.6. The van der Waals surface area contributed by atoms with Crippen molar-refractivity contribution in [3.63, 3.8) is 0 Å². The van der Waals surface area contributed by atoms with Gasteiger partial charge in [-0.3, -0.25) is 0 Å². The van der Waals surface area contributed by atoms with Gasteiger partial charge in [0.1, 0.15) is 0 Å². The third-order valence-corrected chi connectivity index (χ3v) is 0.913. The molecule has 0 aromatic carbocycles. The van der Waals surface area contributed by atoms with Crippen molar-refractivity contribution in [3.8, 4) is 0 Å². The lowest BCUT2D eigenvalue weighted by atomic mass is 10.5. The van der Waals surface area contributed by atoms with Gasteiger partial charge in [-0.05, 0) is 20.8 Å². The predicted octanol–water partition coefficient (Wildman–Crippen LogP) is 1.96. The second-order valence-corrected chi connectivity index (χ2v) is 2.37. The van der Waals surface area contributed by atoms with Crippen molar-refractivity contribution in [2.75, 3.05) is 6.61 Å². The lowest BCUT2D eigenvalue weighted by Crippen LogP contribution is -2.17. The van der Waals surface area contributed by atoms with E-state index in [1.165, 1.54) is 0 Å². The lowest BCUT2D eigenvalue weighted by Gasteiger charge is -2.15. The van der Waals surface area contributed by atoms with Crippen molar-refractivity contribution in [1.82, 2.24) is 0 Å². The first-order valence-corrected chi connectivity index (χ1v) is 3.54. The van der Waals surface area contributed by atoms with E-state index in [0.29, 0.717) is 6.61 Å². The van der Waals surface area contributed by atoms with Crippen molar-refractivity contribution in [2.45, 2.75) is 33.2 Å². The lowest BCUT2D eigenvalue weighted by molar-refractivity contribution is -0.144. The smallest absolute Gasteiger partial charge is 0.155 e. The van der Waals surface area contributed by atoms with Crippen LogP contribution in [0.25, 0.3) is 0 Å². The molecule has 0 aliphatic carbocycles. The fourth-order valence-corrected chi connectivity index (χ4v) is 0.626. The number of hydrogen-bond donors (Lipinski definition) is 0. The van der Waals surface area contributed by atoms with Crippen LogP contribution in [0.4, 0.5) is 0 Å². The molecule has 0 bridgehead atoms. The summed E-state index contributed by atoms with van der Waals surface area (Å²) < 4.78 is 10.4. The number of hydrogen-bond acceptors (Lipinski definition) is 2. The number of ether oxygens (including phenoxy) is 2. The summed E-state index contributed by atoms with van der Waals surface area (Å²) in [5.41, 5.74) is 0. The molecule has 2 heteroatoms. The van der Waals surface area contributed by atoms with Gasteiger partial charge in [-0.15, -0.1) is 6.58 Å². The molecule has 0 amide bonds. The highest BCUT2D eigenvalue weighted by Gasteiger charge is 2.01. The van der Waals surface area contributed by atoms with Gasteiger partial charge in [0.05, 0.1) is 12.7 Å². The van der Waals surface area contributed by atoms with Gasteiger partial charge in [0, 0.05) is 0 Å². The highest BCUT2D eigenvalue weighted by molar-refractivity contribution is 4.63. The Balaban J connectivity index is 3.24. The molecule has 0 aromatic rings. The Labute approximate surface area is 62.8 Å². The second kappa shape index (κ2) is 5.45. The molecule has 0 saturated carbocycles. The third-order valence-electron chi connectivity index (χ3n) is 0.913. The fraction of sp³-hybridized carbons (Fsp3) is 0.750. The third kappa shape index (κ3) is 5.79. The van der Waals surface area contributed by atoms with E-state index in [-0.39, 0.29) is 12.4 Å². The van der Waals surface area contributed by atoms with E-state index in [9.17, 15) is 0 Å². The number of rotatable bonds is 5. The molecule has 0 fully saturated rings. The molecule has 0 heterocycles. The van der Waals surface area contributed by atoms with Gasteiger partial charge < -0.3 is 9.47 Å². The summed E-state index contributed by atoms with van der Waals surface area (Å²) in [7, 11) is 0. The minimum atomic E-state index is -0.127. The maximum atomic E-state index is 5.28. The average Bonchev–Trinajstić information content (AvgIpc) is 1.82. The van der Waals surface area contributed by atoms with Gasteiger partial charge in [0.2, 0.25) is 0 Å². The van der Waals surface area contributed by atoms with E-state index in [1.54, 1.807) is 6.08 Å². The molecule has 0 N–H and O–H groups in total. The van der Waals surface area contributed by atoms with Gasteiger partial charge in [-0.25, -0.2) is 0 Å². The van der Waals surface area contributed by atoms with Crippen molar-refractivity contribution in [2.24, 2.45) is 0 Å². The SMILES string of the molecule is C=CCOC(C)OC(C)C. The van der Waals surface area contributed by atoms with Crippen molar-refractivity contribution >= 4 is 0 Å². The summed E-state index contributed by atoms with van der Waals surface area (Å²) in [6.45, 7) is 9.92. The molecule has 0 aliphatic rings. The van der Waals surface area contributed by atoms with Crippen LogP contribution in [0.3, 0.4) is 0 Å². The Bertz CT molecular complexity index is 89.3. The molecule has 0 spiro atoms. The van der Waals surface area contributed by atoms with Crippen LogP contribution in [-0.2, 0) is 9.47 Å². The van der Waals surface area contributed by atoms with E-state index in [1.807, 2.05) is 20.8 Å². The Morgan fingerprint density at radius 1 is 1.40 bits per heavy atom. The fourth-order valence-electron chi connectivity index (χ4n) is 0.626. The van der Waals surface area contributed by atoms with Crippen LogP contribution in [0.15, 0.2) is 12.7 Å². The largest absolute Gasteiger partial charge is 0.350 e. The summed E-state index contributed by atoms with van der Waals surface area (Å²) >= 11 is 0. The summed E-state index contributed by atoms with van der Waals surface area (Å²) in [5.74, 6) is 0. The van der Waals surface area contributed by atoms with Crippen molar-refractivity contribution in [3.05, 3.63) is 12.7 Å². The zero-order valence-corrected chi connectivity index (χ0v) is 6.96. The molecular weight excluding hydrogens is 128 g/mol. The first-order valence-electron chi connectivity index (χ1n) is 3.54. The van der Waals surface area contributed by atoms with Crippen LogP contribution in [0.5, 0.6) is 0 Å². The minimum absolute atomic E-state index is 0.127. The van der Waals surface area contributed by atoms with Crippen molar-refractivity contribution < 1.29 is 9.47 Å². The maximum absolute atomic E-state index is 5.28.